The summed E-state index contributed by atoms with van der Waals surface area (Å²) in [5.74, 6) is -0.0862. The molecule has 0 fully saturated rings. The Hall–Kier alpha value is -3.53. The number of carbonyl (C=O) groups is 1. The van der Waals surface area contributed by atoms with E-state index in [9.17, 15) is 14.9 Å². The Labute approximate surface area is 169 Å². The minimum atomic E-state index is -0.957. The molecular weight excluding hydrogens is 394 g/mol. The number of carbonyl (C=O) groups excluding carboxylic acids is 1. The average molecular weight is 409 g/mol. The first-order chi connectivity index (χ1) is 14.0. The van der Waals surface area contributed by atoms with E-state index in [1.165, 1.54) is 35.7 Å². The molecule has 29 heavy (non-hydrogen) atoms. The molecule has 2 aromatic carbocycles. The Morgan fingerprint density at radius 1 is 1.21 bits per heavy atom. The van der Waals surface area contributed by atoms with Gasteiger partial charge >= 0.3 is 0 Å². The third-order valence-electron chi connectivity index (χ3n) is 4.40. The maximum atomic E-state index is 12.6. The van der Waals surface area contributed by atoms with Crippen LogP contribution in [0.1, 0.15) is 18.7 Å². The van der Waals surface area contributed by atoms with Gasteiger partial charge in [-0.15, -0.1) is 10.2 Å². The highest BCUT2D eigenvalue weighted by Crippen LogP contribution is 2.43. The van der Waals surface area contributed by atoms with Crippen LogP contribution in [0.3, 0.4) is 0 Å². The summed E-state index contributed by atoms with van der Waals surface area (Å²) in [7, 11) is 0. The summed E-state index contributed by atoms with van der Waals surface area (Å²) in [4.78, 5) is 29.3. The van der Waals surface area contributed by atoms with Crippen molar-refractivity contribution in [1.82, 2.24) is 15.2 Å². The van der Waals surface area contributed by atoms with Crippen LogP contribution in [0.25, 0.3) is 11.3 Å². The quantitative estimate of drug-likeness (QED) is 0.366. The Morgan fingerprint density at radius 2 is 2.00 bits per heavy atom. The molecule has 3 aromatic rings. The lowest BCUT2D eigenvalue weighted by atomic mass is 10.1. The van der Waals surface area contributed by atoms with Gasteiger partial charge in [0.05, 0.1) is 10.6 Å². The van der Waals surface area contributed by atoms with Gasteiger partial charge in [0.15, 0.2) is 5.69 Å². The molecule has 0 aliphatic carbocycles. The first-order valence-corrected chi connectivity index (χ1v) is 9.81. The molecule has 146 valence electrons. The SMILES string of the molecule is CSc1nnc2c(n1)O[C@H](c1cccc([N+](=O)[O-])c1)N(C(C)=O)c1ccccc1-2. The predicted molar refractivity (Wildman–Crippen MR) is 107 cm³/mol. The minimum Gasteiger partial charge on any atom is -0.447 e. The molecule has 10 heteroatoms. The molecule has 0 saturated heterocycles. The smallest absolute Gasteiger partial charge is 0.269 e. The van der Waals surface area contributed by atoms with Gasteiger partial charge in [-0.2, -0.15) is 4.98 Å². The van der Waals surface area contributed by atoms with Crippen molar-refractivity contribution in [2.45, 2.75) is 18.3 Å². The van der Waals surface area contributed by atoms with Gasteiger partial charge in [-0.3, -0.25) is 19.8 Å². The molecule has 9 nitrogen and oxygen atoms in total. The van der Waals surface area contributed by atoms with Gasteiger partial charge in [-0.25, -0.2) is 0 Å². The molecule has 1 aromatic heterocycles. The van der Waals surface area contributed by atoms with Crippen LogP contribution in [0.5, 0.6) is 5.88 Å². The van der Waals surface area contributed by atoms with Crippen LogP contribution >= 0.6 is 11.8 Å². The summed E-state index contributed by atoms with van der Waals surface area (Å²) >= 11 is 1.31. The van der Waals surface area contributed by atoms with E-state index >= 15 is 0 Å². The van der Waals surface area contributed by atoms with Gasteiger partial charge in [0.25, 0.3) is 5.69 Å². The number of nitro benzene ring substituents is 1. The summed E-state index contributed by atoms with van der Waals surface area (Å²) in [5, 5.41) is 20.0. The molecule has 0 spiro atoms. The Morgan fingerprint density at radius 3 is 2.72 bits per heavy atom. The first kappa shape index (κ1) is 18.8. The van der Waals surface area contributed by atoms with Crippen molar-refractivity contribution in [1.29, 1.82) is 0 Å². The fraction of sp³-hybridized carbons (Fsp3) is 0.158. The fourth-order valence-electron chi connectivity index (χ4n) is 3.15. The number of anilines is 1. The second-order valence-electron chi connectivity index (χ2n) is 6.18. The molecule has 1 atom stereocenters. The normalized spacial score (nSPS) is 15.0. The summed E-state index contributed by atoms with van der Waals surface area (Å²) in [6.45, 7) is 1.41. The lowest BCUT2D eigenvalue weighted by Crippen LogP contribution is -2.36. The van der Waals surface area contributed by atoms with Crippen molar-refractivity contribution in [3.8, 4) is 17.1 Å². The van der Waals surface area contributed by atoms with E-state index in [1.54, 1.807) is 30.3 Å². The van der Waals surface area contributed by atoms with Gasteiger partial charge in [0.2, 0.25) is 23.2 Å². The predicted octanol–water partition coefficient (Wildman–Crippen LogP) is 3.61. The number of fused-ring (bicyclic) bond motifs is 3. The summed E-state index contributed by atoms with van der Waals surface area (Å²) < 4.78 is 6.13. The number of rotatable bonds is 3. The Kier molecular flexibility index (Phi) is 4.85. The summed E-state index contributed by atoms with van der Waals surface area (Å²) in [5.41, 5.74) is 1.94. The minimum absolute atomic E-state index is 0.0991. The topological polar surface area (TPSA) is 111 Å². The third kappa shape index (κ3) is 3.38. The van der Waals surface area contributed by atoms with E-state index < -0.39 is 11.2 Å². The zero-order valence-electron chi connectivity index (χ0n) is 15.5. The van der Waals surface area contributed by atoms with Crippen LogP contribution in [0.2, 0.25) is 0 Å². The Bertz CT molecular complexity index is 1120. The maximum absolute atomic E-state index is 12.6. The average Bonchev–Trinajstić information content (AvgIpc) is 2.87. The van der Waals surface area contributed by atoms with E-state index in [1.807, 2.05) is 12.3 Å². The van der Waals surface area contributed by atoms with Crippen LogP contribution in [-0.4, -0.2) is 32.3 Å². The van der Waals surface area contributed by atoms with Crippen molar-refractivity contribution in [2.75, 3.05) is 11.2 Å². The number of non-ortho nitro benzene ring substituents is 1. The number of para-hydroxylation sites is 1. The van der Waals surface area contributed by atoms with Crippen LogP contribution in [0, 0.1) is 10.1 Å². The number of ether oxygens (including phenoxy) is 1. The van der Waals surface area contributed by atoms with E-state index in [0.29, 0.717) is 27.7 Å². The van der Waals surface area contributed by atoms with Gasteiger partial charge in [0.1, 0.15) is 0 Å². The maximum Gasteiger partial charge on any atom is 0.269 e. The number of nitrogens with zero attached hydrogens (tertiary/aromatic N) is 5. The summed E-state index contributed by atoms with van der Waals surface area (Å²) in [6.07, 6.45) is 0.856. The molecule has 1 aliphatic rings. The van der Waals surface area contributed by atoms with Crippen LogP contribution in [-0.2, 0) is 4.79 Å². The molecule has 0 unspecified atom stereocenters. The summed E-state index contributed by atoms with van der Waals surface area (Å²) in [6, 6.07) is 13.2. The lowest BCUT2D eigenvalue weighted by Gasteiger charge is -2.29. The second-order valence-corrected chi connectivity index (χ2v) is 6.95. The Balaban J connectivity index is 1.96. The molecule has 0 radical (unpaired) electrons. The van der Waals surface area contributed by atoms with Gasteiger partial charge in [-0.1, -0.05) is 42.1 Å². The number of hydrogen-bond acceptors (Lipinski definition) is 8. The fourth-order valence-corrected chi connectivity index (χ4v) is 3.44. The molecule has 4 rings (SSSR count). The van der Waals surface area contributed by atoms with Crippen LogP contribution < -0.4 is 9.64 Å². The van der Waals surface area contributed by atoms with E-state index in [2.05, 4.69) is 15.2 Å². The number of hydrogen-bond donors (Lipinski definition) is 0. The highest BCUT2D eigenvalue weighted by atomic mass is 32.2. The standard InChI is InChI=1S/C19H15N5O4S/c1-11(25)23-15-9-4-3-8-14(15)16-17(20-19(29-2)22-21-16)28-18(23)12-6-5-7-13(10-12)24(26)27/h3-10,18H,1-2H3/t18-/m1/s1. The lowest BCUT2D eigenvalue weighted by molar-refractivity contribution is -0.385. The zero-order chi connectivity index (χ0) is 20.5. The largest absolute Gasteiger partial charge is 0.447 e. The molecule has 1 aliphatic heterocycles. The van der Waals surface area contributed by atoms with E-state index in [4.69, 9.17) is 4.74 Å². The number of benzene rings is 2. The van der Waals surface area contributed by atoms with Crippen molar-refractivity contribution in [3.05, 3.63) is 64.2 Å². The monoisotopic (exact) mass is 409 g/mol. The highest BCUT2D eigenvalue weighted by molar-refractivity contribution is 7.98. The number of aromatic nitrogens is 3. The first-order valence-electron chi connectivity index (χ1n) is 8.58. The number of amides is 1. The van der Waals surface area contributed by atoms with Crippen molar-refractivity contribution in [3.63, 3.8) is 0 Å². The number of nitro groups is 1. The molecule has 0 bridgehead atoms. The molecular formula is C19H15N5O4S. The van der Waals surface area contributed by atoms with Gasteiger partial charge < -0.3 is 4.74 Å². The molecule has 0 N–H and O–H groups in total. The van der Waals surface area contributed by atoms with E-state index in [0.717, 1.165) is 0 Å². The van der Waals surface area contributed by atoms with Crippen molar-refractivity contribution >= 4 is 29.0 Å². The van der Waals surface area contributed by atoms with Crippen LogP contribution in [0.4, 0.5) is 11.4 Å². The van der Waals surface area contributed by atoms with Crippen molar-refractivity contribution in [2.24, 2.45) is 0 Å². The van der Waals surface area contributed by atoms with Crippen LogP contribution in [0.15, 0.2) is 53.7 Å². The molecule has 0 saturated carbocycles. The highest BCUT2D eigenvalue weighted by Gasteiger charge is 2.35. The molecule has 1 amide bonds. The van der Waals surface area contributed by atoms with Gasteiger partial charge in [0, 0.05) is 30.2 Å². The second kappa shape index (κ2) is 7.47. The van der Waals surface area contributed by atoms with Gasteiger partial charge in [-0.05, 0) is 12.3 Å². The zero-order valence-corrected chi connectivity index (χ0v) is 16.3. The van der Waals surface area contributed by atoms with E-state index in [-0.39, 0.29) is 17.5 Å². The third-order valence-corrected chi connectivity index (χ3v) is 4.94. The number of thioether (sulfide) groups is 1. The van der Waals surface area contributed by atoms with Crippen molar-refractivity contribution < 1.29 is 14.5 Å². The molecule has 2 heterocycles.